The number of rotatable bonds is 14. The summed E-state index contributed by atoms with van der Waals surface area (Å²) in [6.45, 7) is 3.73. The van der Waals surface area contributed by atoms with Crippen LogP contribution < -0.4 is 10.6 Å². The number of unbranched alkanes of at least 4 members (excludes halogenated alkanes) is 2. The van der Waals surface area contributed by atoms with Gasteiger partial charge in [0.1, 0.15) is 0 Å². The highest BCUT2D eigenvalue weighted by Gasteiger charge is 2.32. The first-order chi connectivity index (χ1) is 20.4. The molecule has 42 heavy (non-hydrogen) atoms. The van der Waals surface area contributed by atoms with Crippen LogP contribution in [0.3, 0.4) is 0 Å². The average Bonchev–Trinajstić information content (AvgIpc) is 2.99. The van der Waals surface area contributed by atoms with E-state index in [4.69, 9.17) is 9.47 Å². The molecule has 0 spiro atoms. The largest absolute Gasteiger partial charge is 0.392 e. The van der Waals surface area contributed by atoms with Crippen molar-refractivity contribution in [3.05, 3.63) is 101 Å². The zero-order chi connectivity index (χ0) is 29.7. The zero-order valence-electron chi connectivity index (χ0n) is 24.6. The standard InChI is InChI=1S/C34H43N3O5/c1-25(39)35-20-8-4-7-11-33(40)36-30-18-16-29(17-19-30)34-41-31(23-37(2)22-26-9-5-3-6-10-26)21-32(42-34)28-14-12-27(24-38)13-15-28/h3,5-6,9-10,12-19,31-32,34,38H,4,7-8,11,20-24H2,1-2H3,(H,35,39)(H,36,40)/t31-,32+,34+/m1/s1. The fourth-order valence-corrected chi connectivity index (χ4v) is 5.14. The van der Waals surface area contributed by atoms with Crippen molar-refractivity contribution >= 4 is 17.5 Å². The topological polar surface area (TPSA) is 100 Å². The van der Waals surface area contributed by atoms with Gasteiger partial charge >= 0.3 is 0 Å². The summed E-state index contributed by atoms with van der Waals surface area (Å²) in [7, 11) is 2.10. The number of hydrogen-bond acceptors (Lipinski definition) is 6. The molecular formula is C34H43N3O5. The summed E-state index contributed by atoms with van der Waals surface area (Å²) in [4.78, 5) is 25.6. The van der Waals surface area contributed by atoms with Gasteiger partial charge in [0.15, 0.2) is 6.29 Å². The lowest BCUT2D eigenvalue weighted by Gasteiger charge is -2.38. The summed E-state index contributed by atoms with van der Waals surface area (Å²) in [6, 6.07) is 25.9. The minimum absolute atomic E-state index is 0.00589. The summed E-state index contributed by atoms with van der Waals surface area (Å²) in [5, 5.41) is 15.2. The first kappa shape index (κ1) is 31.4. The molecule has 3 aromatic rings. The molecule has 3 aromatic carbocycles. The Morgan fingerprint density at radius 2 is 1.60 bits per heavy atom. The molecule has 1 saturated heterocycles. The lowest BCUT2D eigenvalue weighted by atomic mass is 9.99. The van der Waals surface area contributed by atoms with Crippen LogP contribution in [0.5, 0.6) is 0 Å². The number of carbonyl (C=O) groups excluding carboxylic acids is 2. The van der Waals surface area contributed by atoms with Crippen molar-refractivity contribution in [1.29, 1.82) is 0 Å². The van der Waals surface area contributed by atoms with Gasteiger partial charge in [-0.1, -0.05) is 73.2 Å². The minimum Gasteiger partial charge on any atom is -0.392 e. The van der Waals surface area contributed by atoms with E-state index in [9.17, 15) is 14.7 Å². The maximum atomic E-state index is 12.4. The van der Waals surface area contributed by atoms with Crippen molar-refractivity contribution < 1.29 is 24.2 Å². The van der Waals surface area contributed by atoms with Crippen LogP contribution in [-0.2, 0) is 32.2 Å². The summed E-state index contributed by atoms with van der Waals surface area (Å²) in [5.41, 5.74) is 4.79. The molecule has 0 saturated carbocycles. The van der Waals surface area contributed by atoms with Crippen LogP contribution in [0.15, 0.2) is 78.9 Å². The highest BCUT2D eigenvalue weighted by molar-refractivity contribution is 5.90. The molecule has 224 valence electrons. The van der Waals surface area contributed by atoms with E-state index in [1.54, 1.807) is 0 Å². The SMILES string of the molecule is CC(=O)NCCCCCC(=O)Nc1ccc([C@H]2O[C@@H](CN(C)Cc3ccccc3)C[C@@H](c3ccc(CO)cc3)O2)cc1. The average molecular weight is 574 g/mol. The number of aliphatic hydroxyl groups excluding tert-OH is 1. The van der Waals surface area contributed by atoms with E-state index in [-0.39, 0.29) is 30.6 Å². The Hall–Kier alpha value is -3.56. The Labute approximate surface area is 249 Å². The first-order valence-corrected chi connectivity index (χ1v) is 14.8. The Kier molecular flexibility index (Phi) is 12.1. The summed E-state index contributed by atoms with van der Waals surface area (Å²) in [5.74, 6) is -0.0568. The third kappa shape index (κ3) is 10.1. The van der Waals surface area contributed by atoms with Crippen molar-refractivity contribution in [2.24, 2.45) is 0 Å². The maximum absolute atomic E-state index is 12.4. The highest BCUT2D eigenvalue weighted by atomic mass is 16.7. The van der Waals surface area contributed by atoms with Gasteiger partial charge in [-0.2, -0.15) is 0 Å². The fraction of sp³-hybridized carbons (Fsp3) is 0.412. The molecule has 0 unspecified atom stereocenters. The van der Waals surface area contributed by atoms with Gasteiger partial charge in [0, 0.05) is 50.7 Å². The van der Waals surface area contributed by atoms with Crippen LogP contribution in [0.25, 0.3) is 0 Å². The monoisotopic (exact) mass is 573 g/mol. The Morgan fingerprint density at radius 1 is 0.881 bits per heavy atom. The molecule has 1 aliphatic heterocycles. The fourth-order valence-electron chi connectivity index (χ4n) is 5.14. The normalized spacial score (nSPS) is 18.5. The number of ether oxygens (including phenoxy) is 2. The molecule has 1 aliphatic rings. The molecule has 0 aliphatic carbocycles. The second-order valence-electron chi connectivity index (χ2n) is 11.0. The second kappa shape index (κ2) is 16.2. The number of benzene rings is 3. The Balaban J connectivity index is 1.36. The molecule has 0 radical (unpaired) electrons. The molecule has 0 bridgehead atoms. The van der Waals surface area contributed by atoms with Gasteiger partial charge in [0.25, 0.3) is 0 Å². The number of nitrogens with one attached hydrogen (secondary N) is 2. The van der Waals surface area contributed by atoms with Gasteiger partial charge in [-0.15, -0.1) is 0 Å². The maximum Gasteiger partial charge on any atom is 0.224 e. The van der Waals surface area contributed by atoms with Crippen molar-refractivity contribution in [3.8, 4) is 0 Å². The van der Waals surface area contributed by atoms with Gasteiger partial charge in [-0.05, 0) is 48.7 Å². The minimum atomic E-state index is -0.551. The number of nitrogens with zero attached hydrogens (tertiary/aromatic N) is 1. The third-order valence-corrected chi connectivity index (χ3v) is 7.35. The van der Waals surface area contributed by atoms with Crippen molar-refractivity contribution in [3.63, 3.8) is 0 Å². The van der Waals surface area contributed by atoms with Crippen molar-refractivity contribution in [1.82, 2.24) is 10.2 Å². The molecule has 2 amide bonds. The molecule has 1 fully saturated rings. The van der Waals surface area contributed by atoms with Gasteiger partial charge < -0.3 is 25.2 Å². The van der Waals surface area contributed by atoms with Crippen LogP contribution in [0.4, 0.5) is 5.69 Å². The zero-order valence-corrected chi connectivity index (χ0v) is 24.6. The number of hydrogen-bond donors (Lipinski definition) is 3. The molecule has 8 nitrogen and oxygen atoms in total. The Morgan fingerprint density at radius 3 is 2.29 bits per heavy atom. The van der Waals surface area contributed by atoms with Gasteiger partial charge in [0.2, 0.25) is 11.8 Å². The first-order valence-electron chi connectivity index (χ1n) is 14.8. The number of likely N-dealkylation sites (N-methyl/N-ethyl adjacent to an activating group) is 1. The number of carbonyl (C=O) groups is 2. The highest BCUT2D eigenvalue weighted by Crippen LogP contribution is 2.38. The molecule has 3 atom stereocenters. The summed E-state index contributed by atoms with van der Waals surface area (Å²) < 4.78 is 12.9. The molecule has 4 rings (SSSR count). The molecule has 1 heterocycles. The second-order valence-corrected chi connectivity index (χ2v) is 11.0. The van der Waals surface area contributed by atoms with E-state index >= 15 is 0 Å². The van der Waals surface area contributed by atoms with E-state index in [0.29, 0.717) is 19.4 Å². The van der Waals surface area contributed by atoms with E-state index in [0.717, 1.165) is 54.7 Å². The molecule has 3 N–H and O–H groups in total. The number of amides is 2. The Bertz CT molecular complexity index is 1250. The molecule has 0 aromatic heterocycles. The van der Waals surface area contributed by atoms with Crippen molar-refractivity contribution in [2.75, 3.05) is 25.5 Å². The van der Waals surface area contributed by atoms with Crippen LogP contribution in [-0.4, -0.2) is 48.1 Å². The van der Waals surface area contributed by atoms with Crippen LogP contribution >= 0.6 is 0 Å². The van der Waals surface area contributed by atoms with E-state index in [2.05, 4.69) is 46.8 Å². The quantitative estimate of drug-likeness (QED) is 0.221. The van der Waals surface area contributed by atoms with Crippen LogP contribution in [0.1, 0.15) is 73.7 Å². The van der Waals surface area contributed by atoms with Crippen LogP contribution in [0, 0.1) is 0 Å². The predicted octanol–water partition coefficient (Wildman–Crippen LogP) is 5.49. The number of anilines is 1. The third-order valence-electron chi connectivity index (χ3n) is 7.35. The summed E-state index contributed by atoms with van der Waals surface area (Å²) >= 11 is 0. The van der Waals surface area contributed by atoms with Gasteiger partial charge in [-0.25, -0.2) is 0 Å². The number of aliphatic hydroxyl groups is 1. The lowest BCUT2D eigenvalue weighted by Crippen LogP contribution is -2.37. The van der Waals surface area contributed by atoms with Gasteiger partial charge in [0.05, 0.1) is 18.8 Å². The lowest BCUT2D eigenvalue weighted by molar-refractivity contribution is -0.252. The van der Waals surface area contributed by atoms with E-state index < -0.39 is 6.29 Å². The van der Waals surface area contributed by atoms with Crippen molar-refractivity contribution in [2.45, 2.75) is 70.7 Å². The molecular weight excluding hydrogens is 530 g/mol. The summed E-state index contributed by atoms with van der Waals surface area (Å²) in [6.07, 6.45) is 2.91. The van der Waals surface area contributed by atoms with E-state index in [1.807, 2.05) is 54.6 Å². The van der Waals surface area contributed by atoms with Gasteiger partial charge in [-0.3, -0.25) is 14.5 Å². The predicted molar refractivity (Wildman–Crippen MR) is 163 cm³/mol. The smallest absolute Gasteiger partial charge is 0.224 e. The van der Waals surface area contributed by atoms with Crippen LogP contribution in [0.2, 0.25) is 0 Å². The molecule has 8 heteroatoms. The van der Waals surface area contributed by atoms with E-state index in [1.165, 1.54) is 12.5 Å².